The molecule has 31 heavy (non-hydrogen) atoms. The molecule has 0 aliphatic carbocycles. The molecule has 172 valence electrons. The van der Waals surface area contributed by atoms with Crippen molar-refractivity contribution in [3.05, 3.63) is 33.8 Å². The van der Waals surface area contributed by atoms with E-state index in [9.17, 15) is 9.90 Å². The third-order valence-electron chi connectivity index (χ3n) is 6.68. The van der Waals surface area contributed by atoms with E-state index in [-0.39, 0.29) is 24.0 Å². The highest BCUT2D eigenvalue weighted by molar-refractivity contribution is 6.42. The van der Waals surface area contributed by atoms with Crippen molar-refractivity contribution in [2.45, 2.75) is 56.8 Å². The zero-order valence-corrected chi connectivity index (χ0v) is 19.9. The number of aliphatic hydroxyl groups is 1. The average molecular weight is 470 g/mol. The summed E-state index contributed by atoms with van der Waals surface area (Å²) in [5, 5.41) is 11.4. The van der Waals surface area contributed by atoms with Crippen molar-refractivity contribution < 1.29 is 14.6 Å². The molecule has 3 saturated heterocycles. The number of nitrogens with zero attached hydrogens (tertiary/aromatic N) is 3. The number of hydrogen-bond donors (Lipinski definition) is 1. The first-order chi connectivity index (χ1) is 14.7. The van der Waals surface area contributed by atoms with E-state index in [2.05, 4.69) is 14.7 Å². The lowest BCUT2D eigenvalue weighted by molar-refractivity contribution is -0.155. The second kappa shape index (κ2) is 9.54. The number of hydrogen-bond acceptors (Lipinski definition) is 5. The van der Waals surface area contributed by atoms with Gasteiger partial charge in [0.2, 0.25) is 5.91 Å². The second-order valence-corrected chi connectivity index (χ2v) is 10.5. The maximum absolute atomic E-state index is 13.5. The predicted octanol–water partition coefficient (Wildman–Crippen LogP) is 2.68. The highest BCUT2D eigenvalue weighted by Gasteiger charge is 2.48. The van der Waals surface area contributed by atoms with Crippen LogP contribution in [-0.2, 0) is 16.0 Å². The molecule has 4 rings (SSSR count). The Hall–Kier alpha value is -0.890. The van der Waals surface area contributed by atoms with Crippen LogP contribution in [0.1, 0.15) is 32.3 Å². The lowest BCUT2D eigenvalue weighted by Gasteiger charge is -2.55. The molecular formula is C23H33Cl2N3O3. The number of carbonyl (C=O) groups excluding carboxylic acids is 1. The van der Waals surface area contributed by atoms with Gasteiger partial charge < -0.3 is 14.7 Å². The van der Waals surface area contributed by atoms with Gasteiger partial charge in [0, 0.05) is 19.6 Å². The number of fused-ring (bicyclic) bond motifs is 1. The zero-order chi connectivity index (χ0) is 22.2. The van der Waals surface area contributed by atoms with Crippen molar-refractivity contribution in [1.82, 2.24) is 14.7 Å². The monoisotopic (exact) mass is 469 g/mol. The highest BCUT2D eigenvalue weighted by atomic mass is 35.5. The van der Waals surface area contributed by atoms with Crippen LogP contribution < -0.4 is 0 Å². The van der Waals surface area contributed by atoms with Gasteiger partial charge in [0.1, 0.15) is 0 Å². The molecule has 0 spiro atoms. The summed E-state index contributed by atoms with van der Waals surface area (Å²) in [5.74, 6) is 0.113. The summed E-state index contributed by atoms with van der Waals surface area (Å²) in [6, 6.07) is 5.72. The minimum atomic E-state index is -0.794. The molecule has 3 atom stereocenters. The normalized spacial score (nSPS) is 28.0. The topological polar surface area (TPSA) is 56.2 Å². The average Bonchev–Trinajstić information content (AvgIpc) is 3.24. The summed E-state index contributed by atoms with van der Waals surface area (Å²) < 4.78 is 6.05. The maximum atomic E-state index is 13.5. The SMILES string of the molecule is CC(C)(O)CN1CCN(C(=O)Cc2ccc(Cl)c(Cl)c2)[C@@H]2C(N3CCCC3)COCC21. The number of amides is 1. The molecule has 1 amide bonds. The lowest BCUT2D eigenvalue weighted by atomic mass is 9.90. The molecule has 1 N–H and O–H groups in total. The first-order valence-electron chi connectivity index (χ1n) is 11.2. The Balaban J connectivity index is 1.58. The number of halogens is 2. The second-order valence-electron chi connectivity index (χ2n) is 9.70. The van der Waals surface area contributed by atoms with E-state index >= 15 is 0 Å². The largest absolute Gasteiger partial charge is 0.389 e. The van der Waals surface area contributed by atoms with Crippen molar-refractivity contribution >= 4 is 29.1 Å². The van der Waals surface area contributed by atoms with Crippen LogP contribution in [-0.4, -0.2) is 95.4 Å². The lowest BCUT2D eigenvalue weighted by Crippen LogP contribution is -2.72. The van der Waals surface area contributed by atoms with Crippen LogP contribution in [0.5, 0.6) is 0 Å². The third-order valence-corrected chi connectivity index (χ3v) is 7.42. The Kier molecular flexibility index (Phi) is 7.16. The Labute approximate surface area is 195 Å². The third kappa shape index (κ3) is 5.37. The molecule has 0 saturated carbocycles. The van der Waals surface area contributed by atoms with E-state index in [0.29, 0.717) is 42.8 Å². The predicted molar refractivity (Wildman–Crippen MR) is 123 cm³/mol. The van der Waals surface area contributed by atoms with Gasteiger partial charge in [-0.05, 0) is 57.5 Å². The molecule has 8 heteroatoms. The van der Waals surface area contributed by atoms with E-state index < -0.39 is 5.60 Å². The zero-order valence-electron chi connectivity index (χ0n) is 18.4. The van der Waals surface area contributed by atoms with Gasteiger partial charge in [-0.1, -0.05) is 29.3 Å². The van der Waals surface area contributed by atoms with Gasteiger partial charge in [-0.15, -0.1) is 0 Å². The smallest absolute Gasteiger partial charge is 0.227 e. The van der Waals surface area contributed by atoms with Crippen LogP contribution >= 0.6 is 23.2 Å². The van der Waals surface area contributed by atoms with Crippen LogP contribution in [0.25, 0.3) is 0 Å². The van der Waals surface area contributed by atoms with Gasteiger partial charge in [0.25, 0.3) is 0 Å². The van der Waals surface area contributed by atoms with E-state index in [1.54, 1.807) is 12.1 Å². The fraction of sp³-hybridized carbons (Fsp3) is 0.696. The quantitative estimate of drug-likeness (QED) is 0.718. The van der Waals surface area contributed by atoms with Crippen molar-refractivity contribution in [3.8, 4) is 0 Å². The maximum Gasteiger partial charge on any atom is 0.227 e. The van der Waals surface area contributed by atoms with E-state index in [1.807, 2.05) is 19.9 Å². The molecule has 0 aromatic heterocycles. The molecule has 0 radical (unpaired) electrons. The number of rotatable bonds is 5. The highest BCUT2D eigenvalue weighted by Crippen LogP contribution is 2.31. The standard InChI is InChI=1S/C23H33Cl2N3O3/c1-23(2,30)15-27-9-10-28(21(29)12-16-5-6-17(24)18(25)11-16)22-19(13-31-14-20(22)27)26-7-3-4-8-26/h5-6,11,19-20,22,30H,3-4,7-10,12-15H2,1-2H3/t19?,20?,22-/m1/s1. The van der Waals surface area contributed by atoms with E-state index in [0.717, 1.165) is 25.2 Å². The summed E-state index contributed by atoms with van der Waals surface area (Å²) in [4.78, 5) is 20.4. The minimum Gasteiger partial charge on any atom is -0.389 e. The Morgan fingerprint density at radius 1 is 1.10 bits per heavy atom. The first-order valence-corrected chi connectivity index (χ1v) is 12.0. The summed E-state index contributed by atoms with van der Waals surface area (Å²) in [5.41, 5.74) is 0.0804. The van der Waals surface area contributed by atoms with Gasteiger partial charge in [0.05, 0.1) is 53.4 Å². The molecular weight excluding hydrogens is 437 g/mol. The molecule has 3 fully saturated rings. The van der Waals surface area contributed by atoms with Gasteiger partial charge in [-0.3, -0.25) is 14.6 Å². The van der Waals surface area contributed by atoms with Gasteiger partial charge in [0.15, 0.2) is 0 Å². The molecule has 3 aliphatic rings. The summed E-state index contributed by atoms with van der Waals surface area (Å²) in [6.07, 6.45) is 2.69. The summed E-state index contributed by atoms with van der Waals surface area (Å²) >= 11 is 12.2. The van der Waals surface area contributed by atoms with Crippen LogP contribution in [0.4, 0.5) is 0 Å². The van der Waals surface area contributed by atoms with Crippen LogP contribution in [0.3, 0.4) is 0 Å². The molecule has 2 unspecified atom stereocenters. The van der Waals surface area contributed by atoms with Crippen molar-refractivity contribution in [3.63, 3.8) is 0 Å². The van der Waals surface area contributed by atoms with Crippen LogP contribution in [0.2, 0.25) is 10.0 Å². The van der Waals surface area contributed by atoms with Crippen molar-refractivity contribution in [1.29, 1.82) is 0 Å². The Morgan fingerprint density at radius 3 is 2.48 bits per heavy atom. The fourth-order valence-corrected chi connectivity index (χ4v) is 5.68. The van der Waals surface area contributed by atoms with Gasteiger partial charge in [-0.2, -0.15) is 0 Å². The first kappa shape index (κ1) is 23.3. The Bertz CT molecular complexity index is 795. The number of likely N-dealkylation sites (tertiary alicyclic amines) is 1. The number of benzene rings is 1. The van der Waals surface area contributed by atoms with Gasteiger partial charge >= 0.3 is 0 Å². The van der Waals surface area contributed by atoms with Crippen molar-refractivity contribution in [2.24, 2.45) is 0 Å². The van der Waals surface area contributed by atoms with Gasteiger partial charge in [-0.25, -0.2) is 0 Å². The molecule has 3 aliphatic heterocycles. The number of piperazine rings is 1. The molecule has 1 aromatic carbocycles. The van der Waals surface area contributed by atoms with Crippen LogP contribution in [0, 0.1) is 0 Å². The Morgan fingerprint density at radius 2 is 1.81 bits per heavy atom. The molecule has 0 bridgehead atoms. The number of β-amino-alcohol motifs (C(OH)–C–C–N with tert-alkyl or cyclic N) is 1. The molecule has 3 heterocycles. The fourth-order valence-electron chi connectivity index (χ4n) is 5.36. The van der Waals surface area contributed by atoms with Crippen molar-refractivity contribution in [2.75, 3.05) is 45.9 Å². The summed E-state index contributed by atoms with van der Waals surface area (Å²) in [7, 11) is 0. The number of ether oxygens (including phenoxy) is 1. The summed E-state index contributed by atoms with van der Waals surface area (Å²) in [6.45, 7) is 8.97. The van der Waals surface area contributed by atoms with E-state index in [4.69, 9.17) is 27.9 Å². The van der Waals surface area contributed by atoms with E-state index in [1.165, 1.54) is 12.8 Å². The number of carbonyl (C=O) groups is 1. The molecule has 6 nitrogen and oxygen atoms in total. The van der Waals surface area contributed by atoms with Crippen LogP contribution in [0.15, 0.2) is 18.2 Å². The molecule has 1 aromatic rings. The minimum absolute atomic E-state index is 0.0539.